The van der Waals surface area contributed by atoms with Crippen LogP contribution in [0.25, 0.3) is 11.1 Å². The second-order valence-electron chi connectivity index (χ2n) is 3.38. The van der Waals surface area contributed by atoms with Gasteiger partial charge in [-0.25, -0.2) is 0 Å². The minimum Gasteiger partial charge on any atom is -0.504 e. The standard InChI is InChI=1S/C13H11BrO2/c1-16-13-11(14)7-10(8-12(13)15)9-5-3-2-4-6-9/h2-8,15H,1H3. The van der Waals surface area contributed by atoms with Crippen LogP contribution < -0.4 is 4.74 Å². The van der Waals surface area contributed by atoms with E-state index in [9.17, 15) is 5.11 Å². The van der Waals surface area contributed by atoms with Crippen LogP contribution in [0.1, 0.15) is 0 Å². The molecule has 0 aliphatic heterocycles. The van der Waals surface area contributed by atoms with Crippen molar-refractivity contribution in [3.63, 3.8) is 0 Å². The van der Waals surface area contributed by atoms with Crippen LogP contribution in [0.4, 0.5) is 0 Å². The molecule has 3 heteroatoms. The van der Waals surface area contributed by atoms with E-state index in [4.69, 9.17) is 4.74 Å². The van der Waals surface area contributed by atoms with Crippen molar-refractivity contribution < 1.29 is 9.84 Å². The number of halogens is 1. The Labute approximate surface area is 103 Å². The van der Waals surface area contributed by atoms with Gasteiger partial charge in [-0.3, -0.25) is 0 Å². The summed E-state index contributed by atoms with van der Waals surface area (Å²) in [5, 5.41) is 9.78. The van der Waals surface area contributed by atoms with E-state index in [2.05, 4.69) is 15.9 Å². The second-order valence-corrected chi connectivity index (χ2v) is 4.23. The first-order chi connectivity index (χ1) is 7.72. The Morgan fingerprint density at radius 3 is 2.31 bits per heavy atom. The molecule has 82 valence electrons. The van der Waals surface area contributed by atoms with Gasteiger partial charge in [-0.15, -0.1) is 0 Å². The van der Waals surface area contributed by atoms with E-state index in [0.717, 1.165) is 15.6 Å². The molecule has 0 atom stereocenters. The van der Waals surface area contributed by atoms with E-state index >= 15 is 0 Å². The number of hydrogen-bond donors (Lipinski definition) is 1. The molecule has 0 amide bonds. The highest BCUT2D eigenvalue weighted by molar-refractivity contribution is 9.10. The van der Waals surface area contributed by atoms with E-state index in [-0.39, 0.29) is 5.75 Å². The predicted molar refractivity (Wildman–Crippen MR) is 67.8 cm³/mol. The Kier molecular flexibility index (Phi) is 3.15. The molecule has 0 radical (unpaired) electrons. The fraction of sp³-hybridized carbons (Fsp3) is 0.0769. The van der Waals surface area contributed by atoms with Gasteiger partial charge in [-0.1, -0.05) is 30.3 Å². The van der Waals surface area contributed by atoms with Crippen molar-refractivity contribution in [3.05, 3.63) is 46.9 Å². The fourth-order valence-corrected chi connectivity index (χ4v) is 2.19. The highest BCUT2D eigenvalue weighted by Gasteiger charge is 2.09. The lowest BCUT2D eigenvalue weighted by Gasteiger charge is -2.09. The van der Waals surface area contributed by atoms with Gasteiger partial charge >= 0.3 is 0 Å². The van der Waals surface area contributed by atoms with E-state index in [1.54, 1.807) is 6.07 Å². The first-order valence-corrected chi connectivity index (χ1v) is 5.63. The number of phenols is 1. The van der Waals surface area contributed by atoms with Crippen molar-refractivity contribution in [1.29, 1.82) is 0 Å². The Morgan fingerprint density at radius 1 is 1.06 bits per heavy atom. The van der Waals surface area contributed by atoms with Crippen LogP contribution in [0.15, 0.2) is 46.9 Å². The minimum atomic E-state index is 0.135. The third kappa shape index (κ3) is 2.04. The van der Waals surface area contributed by atoms with E-state index in [0.29, 0.717) is 5.75 Å². The highest BCUT2D eigenvalue weighted by Crippen LogP contribution is 2.38. The Morgan fingerprint density at radius 2 is 1.75 bits per heavy atom. The molecule has 0 aliphatic rings. The molecule has 0 saturated heterocycles. The zero-order valence-corrected chi connectivity index (χ0v) is 10.4. The quantitative estimate of drug-likeness (QED) is 0.905. The van der Waals surface area contributed by atoms with Gasteiger partial charge in [-0.2, -0.15) is 0 Å². The van der Waals surface area contributed by atoms with Gasteiger partial charge in [-0.05, 0) is 39.2 Å². The summed E-state index contributed by atoms with van der Waals surface area (Å²) in [6.45, 7) is 0. The molecule has 0 saturated carbocycles. The number of methoxy groups -OCH3 is 1. The van der Waals surface area contributed by atoms with Crippen LogP contribution in [0.2, 0.25) is 0 Å². The van der Waals surface area contributed by atoms with E-state index in [1.165, 1.54) is 7.11 Å². The van der Waals surface area contributed by atoms with Gasteiger partial charge in [0.15, 0.2) is 11.5 Å². The maximum atomic E-state index is 9.78. The Hall–Kier alpha value is -1.48. The number of hydrogen-bond acceptors (Lipinski definition) is 2. The lowest BCUT2D eigenvalue weighted by molar-refractivity contribution is 0.371. The molecule has 1 N–H and O–H groups in total. The number of benzene rings is 2. The first-order valence-electron chi connectivity index (χ1n) is 4.84. The molecule has 2 aromatic rings. The van der Waals surface area contributed by atoms with Crippen LogP contribution in [0.3, 0.4) is 0 Å². The van der Waals surface area contributed by atoms with Crippen molar-refractivity contribution >= 4 is 15.9 Å². The van der Waals surface area contributed by atoms with Gasteiger partial charge in [0.2, 0.25) is 0 Å². The molecule has 2 nitrogen and oxygen atoms in total. The summed E-state index contributed by atoms with van der Waals surface area (Å²) >= 11 is 3.37. The lowest BCUT2D eigenvalue weighted by Crippen LogP contribution is -1.86. The molecule has 16 heavy (non-hydrogen) atoms. The minimum absolute atomic E-state index is 0.135. The fourth-order valence-electron chi connectivity index (χ4n) is 1.58. The molecule has 0 bridgehead atoms. The Bertz CT molecular complexity index is 472. The topological polar surface area (TPSA) is 29.5 Å². The van der Waals surface area contributed by atoms with Crippen molar-refractivity contribution in [3.8, 4) is 22.6 Å². The van der Waals surface area contributed by atoms with Crippen LogP contribution in [0, 0.1) is 0 Å². The third-order valence-corrected chi connectivity index (χ3v) is 2.92. The normalized spacial score (nSPS) is 10.1. The van der Waals surface area contributed by atoms with Gasteiger partial charge in [0.25, 0.3) is 0 Å². The summed E-state index contributed by atoms with van der Waals surface area (Å²) < 4.78 is 5.81. The van der Waals surface area contributed by atoms with Crippen LogP contribution in [0.5, 0.6) is 11.5 Å². The van der Waals surface area contributed by atoms with Gasteiger partial charge in [0, 0.05) is 0 Å². The van der Waals surface area contributed by atoms with Crippen LogP contribution in [-0.2, 0) is 0 Å². The summed E-state index contributed by atoms with van der Waals surface area (Å²) in [5.74, 6) is 0.593. The average Bonchev–Trinajstić information content (AvgIpc) is 2.30. The maximum absolute atomic E-state index is 9.78. The van der Waals surface area contributed by atoms with Crippen molar-refractivity contribution in [2.24, 2.45) is 0 Å². The summed E-state index contributed by atoms with van der Waals surface area (Å²) in [7, 11) is 1.53. The largest absolute Gasteiger partial charge is 0.504 e. The maximum Gasteiger partial charge on any atom is 0.174 e. The zero-order valence-electron chi connectivity index (χ0n) is 8.77. The summed E-state index contributed by atoms with van der Waals surface area (Å²) in [6.07, 6.45) is 0. The molecule has 0 aromatic heterocycles. The van der Waals surface area contributed by atoms with Crippen LogP contribution >= 0.6 is 15.9 Å². The second kappa shape index (κ2) is 4.58. The Balaban J connectivity index is 2.53. The molecule has 2 aromatic carbocycles. The molecule has 2 rings (SSSR count). The molecular weight excluding hydrogens is 268 g/mol. The molecule has 0 fully saturated rings. The molecular formula is C13H11BrO2. The number of rotatable bonds is 2. The predicted octanol–water partition coefficient (Wildman–Crippen LogP) is 3.83. The third-order valence-electron chi connectivity index (χ3n) is 2.34. The number of ether oxygens (including phenoxy) is 1. The summed E-state index contributed by atoms with van der Waals surface area (Å²) in [6, 6.07) is 13.5. The summed E-state index contributed by atoms with van der Waals surface area (Å²) in [5.41, 5.74) is 2.01. The lowest BCUT2D eigenvalue weighted by atomic mass is 10.1. The molecule has 0 unspecified atom stereocenters. The number of aromatic hydroxyl groups is 1. The van der Waals surface area contributed by atoms with Crippen molar-refractivity contribution in [2.75, 3.05) is 7.11 Å². The zero-order chi connectivity index (χ0) is 11.5. The van der Waals surface area contributed by atoms with Gasteiger partial charge in [0.05, 0.1) is 11.6 Å². The highest BCUT2D eigenvalue weighted by atomic mass is 79.9. The van der Waals surface area contributed by atoms with Crippen LogP contribution in [-0.4, -0.2) is 12.2 Å². The smallest absolute Gasteiger partial charge is 0.174 e. The SMILES string of the molecule is COc1c(O)cc(-c2ccccc2)cc1Br. The average molecular weight is 279 g/mol. The number of phenolic OH excluding ortho intramolecular Hbond substituents is 1. The van der Waals surface area contributed by atoms with Crippen molar-refractivity contribution in [2.45, 2.75) is 0 Å². The summed E-state index contributed by atoms with van der Waals surface area (Å²) in [4.78, 5) is 0. The van der Waals surface area contributed by atoms with Gasteiger partial charge < -0.3 is 9.84 Å². The molecule has 0 aliphatic carbocycles. The van der Waals surface area contributed by atoms with E-state index < -0.39 is 0 Å². The molecule has 0 heterocycles. The monoisotopic (exact) mass is 278 g/mol. The van der Waals surface area contributed by atoms with E-state index in [1.807, 2.05) is 36.4 Å². The van der Waals surface area contributed by atoms with Gasteiger partial charge in [0.1, 0.15) is 0 Å². The van der Waals surface area contributed by atoms with Crippen molar-refractivity contribution in [1.82, 2.24) is 0 Å². The first kappa shape index (κ1) is 11.0. The molecule has 0 spiro atoms.